The van der Waals surface area contributed by atoms with Gasteiger partial charge in [0.05, 0.1) is 16.7 Å². The van der Waals surface area contributed by atoms with Crippen LogP contribution in [-0.4, -0.2) is 36.5 Å². The number of amides is 2. The summed E-state index contributed by atoms with van der Waals surface area (Å²) < 4.78 is 0. The molecule has 1 aromatic rings. The Morgan fingerprint density at radius 3 is 2.46 bits per heavy atom. The maximum Gasteiger partial charge on any atom is 0.309 e. The molecule has 2 rings (SSSR count). The Labute approximate surface area is 141 Å². The van der Waals surface area contributed by atoms with E-state index in [4.69, 9.17) is 5.11 Å². The molecule has 1 aliphatic rings. The van der Waals surface area contributed by atoms with Crippen molar-refractivity contribution >= 4 is 23.5 Å². The molecule has 0 heterocycles. The lowest BCUT2D eigenvalue weighted by atomic mass is 9.89. The van der Waals surface area contributed by atoms with Crippen molar-refractivity contribution < 1.29 is 19.5 Å². The molecular formula is C18H24N2O4. The van der Waals surface area contributed by atoms with Gasteiger partial charge in [0, 0.05) is 19.5 Å². The summed E-state index contributed by atoms with van der Waals surface area (Å²) in [4.78, 5) is 37.3. The number of benzene rings is 1. The molecule has 1 aromatic carbocycles. The smallest absolute Gasteiger partial charge is 0.309 e. The number of carboxylic acid groups (broad SMARTS) is 1. The minimum absolute atomic E-state index is 0.0299. The molecule has 24 heavy (non-hydrogen) atoms. The van der Waals surface area contributed by atoms with Crippen LogP contribution in [0.1, 0.15) is 43.5 Å². The van der Waals surface area contributed by atoms with Crippen molar-refractivity contribution in [2.45, 2.75) is 33.1 Å². The van der Waals surface area contributed by atoms with Crippen LogP contribution in [0, 0.1) is 11.3 Å². The van der Waals surface area contributed by atoms with E-state index in [1.807, 2.05) is 0 Å². The molecule has 130 valence electrons. The van der Waals surface area contributed by atoms with Crippen LogP contribution in [0.4, 0.5) is 5.69 Å². The standard InChI is InChI=1S/C18H24N2O4/c1-18(2,17(23)24)10-11-19-15(21)13-6-4-5-7-14(13)20(3)16(22)12-8-9-12/h4-7,12H,8-11H2,1-3H3,(H,19,21)(H,23,24). The van der Waals surface area contributed by atoms with Crippen molar-refractivity contribution in [3.05, 3.63) is 29.8 Å². The van der Waals surface area contributed by atoms with E-state index >= 15 is 0 Å². The van der Waals surface area contributed by atoms with E-state index < -0.39 is 11.4 Å². The predicted octanol–water partition coefficient (Wildman–Crippen LogP) is 2.29. The third kappa shape index (κ3) is 4.13. The van der Waals surface area contributed by atoms with Gasteiger partial charge in [0.25, 0.3) is 5.91 Å². The molecule has 0 spiro atoms. The summed E-state index contributed by atoms with van der Waals surface area (Å²) in [5.41, 5.74) is 0.0949. The van der Waals surface area contributed by atoms with Crippen LogP contribution in [-0.2, 0) is 9.59 Å². The van der Waals surface area contributed by atoms with E-state index in [1.165, 1.54) is 4.90 Å². The third-order valence-corrected chi connectivity index (χ3v) is 4.38. The summed E-state index contributed by atoms with van der Waals surface area (Å²) in [7, 11) is 1.68. The average molecular weight is 332 g/mol. The molecule has 0 aliphatic heterocycles. The fraction of sp³-hybridized carbons (Fsp3) is 0.500. The molecule has 0 unspecified atom stereocenters. The summed E-state index contributed by atoms with van der Waals surface area (Å²) in [6, 6.07) is 6.95. The first-order valence-corrected chi connectivity index (χ1v) is 8.12. The molecule has 2 amide bonds. The third-order valence-electron chi connectivity index (χ3n) is 4.38. The molecule has 0 atom stereocenters. The van der Waals surface area contributed by atoms with E-state index in [2.05, 4.69) is 5.32 Å². The average Bonchev–Trinajstić information content (AvgIpc) is 3.38. The highest BCUT2D eigenvalue weighted by Gasteiger charge is 2.33. The largest absolute Gasteiger partial charge is 0.481 e. The van der Waals surface area contributed by atoms with Gasteiger partial charge in [0.1, 0.15) is 0 Å². The number of anilines is 1. The van der Waals surface area contributed by atoms with Gasteiger partial charge in [0.15, 0.2) is 0 Å². The molecule has 6 heteroatoms. The molecule has 0 radical (unpaired) electrons. The van der Waals surface area contributed by atoms with E-state index in [-0.39, 0.29) is 24.3 Å². The van der Waals surface area contributed by atoms with Gasteiger partial charge in [-0.2, -0.15) is 0 Å². The SMILES string of the molecule is CN(C(=O)C1CC1)c1ccccc1C(=O)NCCC(C)(C)C(=O)O. The molecule has 6 nitrogen and oxygen atoms in total. The molecule has 1 saturated carbocycles. The Bertz CT molecular complexity index is 650. The van der Waals surface area contributed by atoms with Crippen LogP contribution in [0.2, 0.25) is 0 Å². The van der Waals surface area contributed by atoms with Crippen molar-refractivity contribution in [1.82, 2.24) is 5.32 Å². The maximum absolute atomic E-state index is 12.4. The van der Waals surface area contributed by atoms with Crippen molar-refractivity contribution in [1.29, 1.82) is 0 Å². The van der Waals surface area contributed by atoms with Crippen molar-refractivity contribution in [3.63, 3.8) is 0 Å². The lowest BCUT2D eigenvalue weighted by molar-refractivity contribution is -0.147. The molecule has 0 bridgehead atoms. The summed E-state index contributed by atoms with van der Waals surface area (Å²) in [6.45, 7) is 3.50. The summed E-state index contributed by atoms with van der Waals surface area (Å²) in [5, 5.41) is 11.9. The number of rotatable bonds is 7. The lowest BCUT2D eigenvalue weighted by Crippen LogP contribution is -2.34. The minimum Gasteiger partial charge on any atom is -0.481 e. The Kier molecular flexibility index (Phi) is 5.26. The number of carboxylic acids is 1. The highest BCUT2D eigenvalue weighted by Crippen LogP contribution is 2.33. The normalized spacial score (nSPS) is 14.1. The van der Waals surface area contributed by atoms with Gasteiger partial charge in [-0.05, 0) is 45.2 Å². The number of para-hydroxylation sites is 1. The van der Waals surface area contributed by atoms with E-state index in [1.54, 1.807) is 45.2 Å². The van der Waals surface area contributed by atoms with Gasteiger partial charge in [-0.25, -0.2) is 0 Å². The molecule has 0 aromatic heterocycles. The Balaban J connectivity index is 2.04. The molecule has 0 saturated heterocycles. The predicted molar refractivity (Wildman–Crippen MR) is 90.9 cm³/mol. The number of nitrogens with one attached hydrogen (secondary N) is 1. The number of aliphatic carboxylic acids is 1. The van der Waals surface area contributed by atoms with E-state index in [9.17, 15) is 14.4 Å². The fourth-order valence-electron chi connectivity index (χ4n) is 2.37. The quantitative estimate of drug-likeness (QED) is 0.802. The Morgan fingerprint density at radius 1 is 1.25 bits per heavy atom. The van der Waals surface area contributed by atoms with E-state index in [0.717, 1.165) is 12.8 Å². The molecular weight excluding hydrogens is 308 g/mol. The van der Waals surface area contributed by atoms with Crippen molar-refractivity contribution in [2.75, 3.05) is 18.5 Å². The lowest BCUT2D eigenvalue weighted by Gasteiger charge is -2.21. The second kappa shape index (κ2) is 7.03. The van der Waals surface area contributed by atoms with Crippen LogP contribution in [0.5, 0.6) is 0 Å². The van der Waals surface area contributed by atoms with Gasteiger partial charge in [-0.15, -0.1) is 0 Å². The summed E-state index contributed by atoms with van der Waals surface area (Å²) in [5.74, 6) is -1.10. The molecule has 2 N–H and O–H groups in total. The molecule has 1 aliphatic carbocycles. The second-order valence-corrected chi connectivity index (χ2v) is 6.88. The highest BCUT2D eigenvalue weighted by atomic mass is 16.4. The van der Waals surface area contributed by atoms with Crippen LogP contribution >= 0.6 is 0 Å². The van der Waals surface area contributed by atoms with Gasteiger partial charge in [0.2, 0.25) is 5.91 Å². The maximum atomic E-state index is 12.4. The Morgan fingerprint density at radius 2 is 1.88 bits per heavy atom. The van der Waals surface area contributed by atoms with Crippen molar-refractivity contribution in [3.8, 4) is 0 Å². The van der Waals surface area contributed by atoms with Crippen LogP contribution in [0.3, 0.4) is 0 Å². The number of carbonyl (C=O) groups is 3. The fourth-order valence-corrected chi connectivity index (χ4v) is 2.37. The zero-order valence-electron chi connectivity index (χ0n) is 14.3. The molecule has 1 fully saturated rings. The highest BCUT2D eigenvalue weighted by molar-refractivity contribution is 6.05. The van der Waals surface area contributed by atoms with Gasteiger partial charge in [-0.3, -0.25) is 14.4 Å². The summed E-state index contributed by atoms with van der Waals surface area (Å²) >= 11 is 0. The number of hydrogen-bond donors (Lipinski definition) is 2. The first kappa shape index (κ1) is 18.0. The van der Waals surface area contributed by atoms with Crippen LogP contribution in [0.25, 0.3) is 0 Å². The number of carbonyl (C=O) groups excluding carboxylic acids is 2. The number of hydrogen-bond acceptors (Lipinski definition) is 3. The van der Waals surface area contributed by atoms with Gasteiger partial charge in [-0.1, -0.05) is 12.1 Å². The minimum atomic E-state index is -0.897. The summed E-state index contributed by atoms with van der Waals surface area (Å²) in [6.07, 6.45) is 2.14. The van der Waals surface area contributed by atoms with Gasteiger partial charge >= 0.3 is 5.97 Å². The number of nitrogens with zero attached hydrogens (tertiary/aromatic N) is 1. The van der Waals surface area contributed by atoms with Crippen LogP contribution < -0.4 is 10.2 Å². The first-order chi connectivity index (χ1) is 11.2. The second-order valence-electron chi connectivity index (χ2n) is 6.88. The topological polar surface area (TPSA) is 86.7 Å². The first-order valence-electron chi connectivity index (χ1n) is 8.12. The monoisotopic (exact) mass is 332 g/mol. The van der Waals surface area contributed by atoms with Gasteiger partial charge < -0.3 is 15.3 Å². The van der Waals surface area contributed by atoms with E-state index in [0.29, 0.717) is 17.7 Å². The Hall–Kier alpha value is -2.37. The van der Waals surface area contributed by atoms with Crippen molar-refractivity contribution in [2.24, 2.45) is 11.3 Å². The zero-order valence-corrected chi connectivity index (χ0v) is 14.3. The van der Waals surface area contributed by atoms with Crippen LogP contribution in [0.15, 0.2) is 24.3 Å². The zero-order chi connectivity index (χ0) is 17.9.